The van der Waals surface area contributed by atoms with Gasteiger partial charge in [-0.2, -0.15) is 0 Å². The summed E-state index contributed by atoms with van der Waals surface area (Å²) in [4.78, 5) is 69.9. The molecule has 0 bridgehead atoms. The monoisotopic (exact) mass is 755 g/mol. The Labute approximate surface area is 316 Å². The number of aliphatic hydroxyl groups is 1. The molecule has 3 aromatic carbocycles. The number of nitrogens with zero attached hydrogens (tertiary/aromatic N) is 4. The Morgan fingerprint density at radius 3 is 2.27 bits per heavy atom. The topological polar surface area (TPSA) is 180 Å². The number of imidazole rings is 1. The zero-order chi connectivity index (χ0) is 39.9. The van der Waals surface area contributed by atoms with Crippen LogP contribution in [0.3, 0.4) is 0 Å². The lowest BCUT2D eigenvalue weighted by atomic mass is 9.84. The second-order valence-electron chi connectivity index (χ2n) is 14.1. The fraction of sp³-hybridized carbons (Fsp3) is 0.300. The summed E-state index contributed by atoms with van der Waals surface area (Å²) in [6.07, 6.45) is 3.83. The Balaban J connectivity index is 1.26. The van der Waals surface area contributed by atoms with Crippen molar-refractivity contribution < 1.29 is 37.9 Å². The van der Waals surface area contributed by atoms with Crippen LogP contribution in [0.5, 0.6) is 0 Å². The van der Waals surface area contributed by atoms with Crippen LogP contribution in [0.15, 0.2) is 91.1 Å². The summed E-state index contributed by atoms with van der Waals surface area (Å²) in [5.41, 5.74) is 7.29. The highest BCUT2D eigenvalue weighted by atomic mass is 19.1. The third-order valence-electron chi connectivity index (χ3n) is 8.93. The molecule has 5 amide bonds. The van der Waals surface area contributed by atoms with Gasteiger partial charge in [0.05, 0.1) is 23.5 Å². The molecule has 1 aliphatic heterocycles. The first-order valence-corrected chi connectivity index (χ1v) is 17.6. The van der Waals surface area contributed by atoms with E-state index >= 15 is 0 Å². The smallest absolute Gasteiger partial charge is 0.258 e. The van der Waals surface area contributed by atoms with Gasteiger partial charge in [0.2, 0.25) is 17.7 Å². The number of halogens is 2. The molecule has 288 valence electrons. The molecule has 0 unspecified atom stereocenters. The van der Waals surface area contributed by atoms with Crippen LogP contribution in [0, 0.1) is 17.0 Å². The first-order chi connectivity index (χ1) is 26.2. The average Bonchev–Trinajstić information content (AvgIpc) is 3.71. The molecular formula is C40H43F2N7O6. The van der Waals surface area contributed by atoms with Crippen LogP contribution in [-0.2, 0) is 30.5 Å². The van der Waals surface area contributed by atoms with Gasteiger partial charge in [0, 0.05) is 55.7 Å². The van der Waals surface area contributed by atoms with Gasteiger partial charge in [-0.25, -0.2) is 18.7 Å². The van der Waals surface area contributed by atoms with Gasteiger partial charge in [-0.3, -0.25) is 24.0 Å². The van der Waals surface area contributed by atoms with Gasteiger partial charge >= 0.3 is 0 Å². The zero-order valence-electron chi connectivity index (χ0n) is 30.7. The van der Waals surface area contributed by atoms with E-state index in [9.17, 15) is 37.9 Å². The van der Waals surface area contributed by atoms with E-state index in [1.165, 1.54) is 29.2 Å². The molecule has 55 heavy (non-hydrogen) atoms. The van der Waals surface area contributed by atoms with Crippen molar-refractivity contribution in [3.8, 4) is 11.3 Å². The maximum Gasteiger partial charge on any atom is 0.258 e. The predicted octanol–water partition coefficient (Wildman–Crippen LogP) is 4.08. The van der Waals surface area contributed by atoms with Crippen molar-refractivity contribution >= 4 is 40.9 Å². The molecule has 5 rings (SSSR count). The number of nitrogens with one attached hydrogen (secondary N) is 2. The van der Waals surface area contributed by atoms with E-state index in [1.54, 1.807) is 22.9 Å². The molecule has 0 spiro atoms. The number of imide groups is 1. The number of rotatable bonds is 15. The number of carbonyl (C=O) groups is 5. The standard InChI is InChI=1S/C40H43F2N7O6/c1-40(2,3)37(38-46-32(29-21-26(41)9-14-30(29)42)23-47(38)22-25-7-5-4-6-8-25)48(36(54)24-50)20-18-31(43)39(55)44-19-17-33(51)45-27-10-12-28(13-11-27)49-34(52)15-16-35(49)53/h4-16,21,23,31,37,50H,17-20,22,24,43H2,1-3H3,(H,44,55)(H,45,51)/t31-,37-/m0/s1. The maximum atomic E-state index is 15.0. The molecule has 1 aromatic heterocycles. The Kier molecular flexibility index (Phi) is 12.7. The normalized spacial score (nSPS) is 13.8. The van der Waals surface area contributed by atoms with Gasteiger partial charge in [-0.05, 0) is 59.9 Å². The van der Waals surface area contributed by atoms with Crippen LogP contribution in [0.2, 0.25) is 0 Å². The van der Waals surface area contributed by atoms with E-state index in [4.69, 9.17) is 10.7 Å². The van der Waals surface area contributed by atoms with Crippen LogP contribution in [-0.4, -0.2) is 74.8 Å². The Bertz CT molecular complexity index is 2060. The lowest BCUT2D eigenvalue weighted by Crippen LogP contribution is -2.48. The Morgan fingerprint density at radius 2 is 1.64 bits per heavy atom. The Morgan fingerprint density at radius 1 is 0.964 bits per heavy atom. The van der Waals surface area contributed by atoms with Crippen LogP contribution in [0.1, 0.15) is 51.0 Å². The lowest BCUT2D eigenvalue weighted by molar-refractivity contribution is -0.140. The highest BCUT2D eigenvalue weighted by Crippen LogP contribution is 2.39. The number of hydrogen-bond acceptors (Lipinski definition) is 8. The van der Waals surface area contributed by atoms with Gasteiger partial charge in [-0.15, -0.1) is 0 Å². The molecule has 0 saturated carbocycles. The minimum atomic E-state index is -1.10. The van der Waals surface area contributed by atoms with E-state index in [-0.39, 0.29) is 43.7 Å². The largest absolute Gasteiger partial charge is 0.387 e. The van der Waals surface area contributed by atoms with E-state index in [1.807, 2.05) is 51.1 Å². The van der Waals surface area contributed by atoms with Gasteiger partial charge in [0.15, 0.2) is 0 Å². The second kappa shape index (κ2) is 17.4. The molecule has 15 heteroatoms. The summed E-state index contributed by atoms with van der Waals surface area (Å²) in [6.45, 7) is 4.95. The summed E-state index contributed by atoms with van der Waals surface area (Å²) in [5, 5.41) is 15.4. The number of nitrogens with two attached hydrogens (primary N) is 1. The predicted molar refractivity (Wildman–Crippen MR) is 201 cm³/mol. The number of hydrogen-bond donors (Lipinski definition) is 4. The van der Waals surface area contributed by atoms with Crippen LogP contribution < -0.4 is 21.3 Å². The van der Waals surface area contributed by atoms with E-state index in [0.717, 1.165) is 28.7 Å². The number of carbonyl (C=O) groups excluding carboxylic acids is 5. The van der Waals surface area contributed by atoms with Gasteiger partial charge < -0.3 is 30.9 Å². The fourth-order valence-corrected chi connectivity index (χ4v) is 6.27. The van der Waals surface area contributed by atoms with E-state index in [2.05, 4.69) is 10.6 Å². The van der Waals surface area contributed by atoms with E-state index in [0.29, 0.717) is 17.2 Å². The van der Waals surface area contributed by atoms with E-state index < -0.39 is 65.3 Å². The number of aliphatic hydroxyl groups excluding tert-OH is 1. The van der Waals surface area contributed by atoms with Crippen LogP contribution in [0.4, 0.5) is 20.2 Å². The third kappa shape index (κ3) is 9.93. The summed E-state index contributed by atoms with van der Waals surface area (Å²) in [6, 6.07) is 16.7. The molecule has 0 aliphatic carbocycles. The number of amides is 5. The molecular weight excluding hydrogens is 712 g/mol. The second-order valence-corrected chi connectivity index (χ2v) is 14.1. The molecule has 0 radical (unpaired) electrons. The highest BCUT2D eigenvalue weighted by molar-refractivity contribution is 6.28. The van der Waals surface area contributed by atoms with Crippen molar-refractivity contribution in [2.45, 2.75) is 52.2 Å². The lowest BCUT2D eigenvalue weighted by Gasteiger charge is -2.40. The molecule has 2 heterocycles. The molecule has 5 N–H and O–H groups in total. The summed E-state index contributed by atoms with van der Waals surface area (Å²) in [7, 11) is 0. The fourth-order valence-electron chi connectivity index (χ4n) is 6.27. The quantitative estimate of drug-likeness (QED) is 0.131. The van der Waals surface area contributed by atoms with Crippen LogP contribution in [0.25, 0.3) is 11.3 Å². The third-order valence-corrected chi connectivity index (χ3v) is 8.93. The summed E-state index contributed by atoms with van der Waals surface area (Å²) >= 11 is 0. The van der Waals surface area contributed by atoms with Crippen molar-refractivity contribution in [2.75, 3.05) is 29.9 Å². The molecule has 4 aromatic rings. The van der Waals surface area contributed by atoms with Gasteiger partial charge in [0.1, 0.15) is 24.1 Å². The highest BCUT2D eigenvalue weighted by Gasteiger charge is 2.38. The minimum Gasteiger partial charge on any atom is -0.387 e. The van der Waals surface area contributed by atoms with Gasteiger partial charge in [-0.1, -0.05) is 51.1 Å². The number of benzene rings is 3. The van der Waals surface area contributed by atoms with Crippen molar-refractivity contribution in [3.63, 3.8) is 0 Å². The SMILES string of the molecule is CC(C)(C)[C@H](c1nc(-c2cc(F)ccc2F)cn1Cc1ccccc1)N(CC[C@H](N)C(=O)NCCC(=O)Nc1ccc(N2C(=O)C=CC2=O)cc1)C(=O)CO. The average molecular weight is 756 g/mol. The maximum absolute atomic E-state index is 15.0. The summed E-state index contributed by atoms with van der Waals surface area (Å²) < 4.78 is 31.0. The molecule has 1 aliphatic rings. The molecule has 13 nitrogen and oxygen atoms in total. The van der Waals surface area contributed by atoms with Gasteiger partial charge in [0.25, 0.3) is 11.8 Å². The molecule has 0 fully saturated rings. The summed E-state index contributed by atoms with van der Waals surface area (Å²) in [5.74, 6) is -3.52. The van der Waals surface area contributed by atoms with Crippen LogP contribution >= 0.6 is 0 Å². The molecule has 0 saturated heterocycles. The van der Waals surface area contributed by atoms with Crippen molar-refractivity contribution in [1.82, 2.24) is 19.8 Å². The number of anilines is 2. The first-order valence-electron chi connectivity index (χ1n) is 17.6. The minimum absolute atomic E-state index is 0.0228. The van der Waals surface area contributed by atoms with Crippen molar-refractivity contribution in [2.24, 2.45) is 11.1 Å². The van der Waals surface area contributed by atoms with Crippen molar-refractivity contribution in [1.29, 1.82) is 0 Å². The first kappa shape index (κ1) is 40.1. The van der Waals surface area contributed by atoms with Crippen molar-refractivity contribution in [3.05, 3.63) is 114 Å². The number of aromatic nitrogens is 2. The Hall–Kier alpha value is -6.06. The molecule has 2 atom stereocenters. The zero-order valence-corrected chi connectivity index (χ0v) is 30.7.